The number of fused-ring (bicyclic) bond motifs is 2. The molecule has 0 spiro atoms. The summed E-state index contributed by atoms with van der Waals surface area (Å²) in [5.41, 5.74) is 2.87. The van der Waals surface area contributed by atoms with Crippen molar-refractivity contribution < 1.29 is 0 Å². The maximum absolute atomic E-state index is 2.41. The summed E-state index contributed by atoms with van der Waals surface area (Å²) in [5, 5.41) is 5.31. The standard InChI is InChI=1S/C26H26/c1-2-3-5-14-26(20-10-6-4-7-11-20)24-16-15-23-17-21-12-8-9-13-22(21)18-25(23)19-24/h4,6-13,15-19,26H,2-3,5,14H2,1H3. The molecule has 0 radical (unpaired) electrons. The summed E-state index contributed by atoms with van der Waals surface area (Å²) in [5.74, 6) is 0.485. The van der Waals surface area contributed by atoms with Crippen LogP contribution in [0.5, 0.6) is 0 Å². The van der Waals surface area contributed by atoms with E-state index in [1.807, 2.05) is 0 Å². The van der Waals surface area contributed by atoms with Crippen molar-refractivity contribution >= 4 is 21.5 Å². The molecule has 0 heteroatoms. The van der Waals surface area contributed by atoms with Crippen LogP contribution in [0.1, 0.15) is 49.7 Å². The predicted octanol–water partition coefficient (Wildman–Crippen LogP) is 7.71. The van der Waals surface area contributed by atoms with E-state index in [2.05, 4.69) is 91.9 Å². The quantitative estimate of drug-likeness (QED) is 0.249. The highest BCUT2D eigenvalue weighted by molar-refractivity contribution is 5.98. The molecular formula is C26H26. The highest BCUT2D eigenvalue weighted by atomic mass is 14.2. The first-order valence-corrected chi connectivity index (χ1v) is 9.82. The Morgan fingerprint density at radius 2 is 1.23 bits per heavy atom. The first kappa shape index (κ1) is 16.8. The molecule has 0 bridgehead atoms. The fourth-order valence-electron chi connectivity index (χ4n) is 3.98. The monoisotopic (exact) mass is 338 g/mol. The first-order chi connectivity index (χ1) is 12.8. The summed E-state index contributed by atoms with van der Waals surface area (Å²) in [7, 11) is 0. The highest BCUT2D eigenvalue weighted by Gasteiger charge is 2.14. The van der Waals surface area contributed by atoms with Crippen LogP contribution >= 0.6 is 0 Å². The molecule has 130 valence electrons. The average molecular weight is 338 g/mol. The van der Waals surface area contributed by atoms with E-state index in [0.29, 0.717) is 5.92 Å². The lowest BCUT2D eigenvalue weighted by Crippen LogP contribution is -2.01. The number of rotatable bonds is 6. The second-order valence-corrected chi connectivity index (χ2v) is 7.26. The molecule has 4 rings (SSSR count). The van der Waals surface area contributed by atoms with E-state index < -0.39 is 0 Å². The molecule has 26 heavy (non-hydrogen) atoms. The Labute approximate surface area is 156 Å². The van der Waals surface area contributed by atoms with E-state index in [1.165, 1.54) is 58.4 Å². The fraction of sp³-hybridized carbons (Fsp3) is 0.231. The van der Waals surface area contributed by atoms with Crippen molar-refractivity contribution in [3.63, 3.8) is 0 Å². The van der Waals surface area contributed by atoms with Crippen LogP contribution in [-0.4, -0.2) is 0 Å². The molecule has 0 heterocycles. The van der Waals surface area contributed by atoms with E-state index in [1.54, 1.807) is 0 Å². The molecule has 0 nitrogen and oxygen atoms in total. The lowest BCUT2D eigenvalue weighted by molar-refractivity contribution is 0.619. The molecule has 1 unspecified atom stereocenters. The number of hydrogen-bond acceptors (Lipinski definition) is 0. The normalized spacial score (nSPS) is 12.5. The van der Waals surface area contributed by atoms with Crippen LogP contribution in [0.25, 0.3) is 21.5 Å². The van der Waals surface area contributed by atoms with Gasteiger partial charge < -0.3 is 0 Å². The van der Waals surface area contributed by atoms with Gasteiger partial charge in [-0.2, -0.15) is 0 Å². The zero-order valence-electron chi connectivity index (χ0n) is 15.5. The average Bonchev–Trinajstić information content (AvgIpc) is 2.70. The molecule has 0 aromatic heterocycles. The van der Waals surface area contributed by atoms with Gasteiger partial charge in [-0.1, -0.05) is 99.0 Å². The molecule has 0 aliphatic carbocycles. The molecule has 0 N–H and O–H groups in total. The number of unbranched alkanes of at least 4 members (excludes halogenated alkanes) is 2. The van der Waals surface area contributed by atoms with Crippen LogP contribution in [0.15, 0.2) is 84.9 Å². The van der Waals surface area contributed by atoms with Crippen LogP contribution in [0.2, 0.25) is 0 Å². The Balaban J connectivity index is 1.76. The molecule has 0 saturated heterocycles. The van der Waals surface area contributed by atoms with Crippen LogP contribution < -0.4 is 0 Å². The van der Waals surface area contributed by atoms with Gasteiger partial charge in [-0.25, -0.2) is 0 Å². The maximum atomic E-state index is 2.41. The maximum Gasteiger partial charge on any atom is 0.00895 e. The SMILES string of the molecule is CCCCCC(c1ccccc1)c1ccc2cc3ccccc3cc2c1. The van der Waals surface area contributed by atoms with Crippen molar-refractivity contribution in [2.24, 2.45) is 0 Å². The fourth-order valence-corrected chi connectivity index (χ4v) is 3.98. The minimum atomic E-state index is 0.485. The number of hydrogen-bond donors (Lipinski definition) is 0. The molecule has 1 atom stereocenters. The van der Waals surface area contributed by atoms with Crippen LogP contribution in [0.3, 0.4) is 0 Å². The van der Waals surface area contributed by atoms with Crippen molar-refractivity contribution in [3.05, 3.63) is 96.1 Å². The molecule has 0 aliphatic heterocycles. The van der Waals surface area contributed by atoms with Crippen molar-refractivity contribution in [1.29, 1.82) is 0 Å². The zero-order chi connectivity index (χ0) is 17.8. The Morgan fingerprint density at radius 3 is 1.96 bits per heavy atom. The molecule has 4 aromatic rings. The van der Waals surface area contributed by atoms with E-state index in [-0.39, 0.29) is 0 Å². The molecule has 0 amide bonds. The molecule has 4 aromatic carbocycles. The third kappa shape index (κ3) is 3.51. The summed E-state index contributed by atoms with van der Waals surface area (Å²) >= 11 is 0. The lowest BCUT2D eigenvalue weighted by atomic mass is 9.85. The van der Waals surface area contributed by atoms with Crippen molar-refractivity contribution in [2.75, 3.05) is 0 Å². The summed E-state index contributed by atoms with van der Waals surface area (Å²) in [4.78, 5) is 0. The first-order valence-electron chi connectivity index (χ1n) is 9.82. The molecule has 0 aliphatic rings. The van der Waals surface area contributed by atoms with Gasteiger partial charge in [0, 0.05) is 5.92 Å². The zero-order valence-corrected chi connectivity index (χ0v) is 15.5. The predicted molar refractivity (Wildman–Crippen MR) is 114 cm³/mol. The largest absolute Gasteiger partial charge is 0.0654 e. The topological polar surface area (TPSA) is 0 Å². The summed E-state index contributed by atoms with van der Waals surface area (Å²) < 4.78 is 0. The third-order valence-corrected chi connectivity index (χ3v) is 5.43. The molecule has 0 fully saturated rings. The minimum absolute atomic E-state index is 0.485. The minimum Gasteiger partial charge on any atom is -0.0654 e. The molecular weight excluding hydrogens is 312 g/mol. The van der Waals surface area contributed by atoms with Crippen molar-refractivity contribution in [3.8, 4) is 0 Å². The van der Waals surface area contributed by atoms with Crippen LogP contribution in [-0.2, 0) is 0 Å². The Kier molecular flexibility index (Phi) is 5.02. The third-order valence-electron chi connectivity index (χ3n) is 5.43. The van der Waals surface area contributed by atoms with Crippen LogP contribution in [0, 0.1) is 0 Å². The van der Waals surface area contributed by atoms with Gasteiger partial charge in [-0.15, -0.1) is 0 Å². The van der Waals surface area contributed by atoms with Gasteiger partial charge in [0.05, 0.1) is 0 Å². The van der Waals surface area contributed by atoms with Gasteiger partial charge >= 0.3 is 0 Å². The Bertz CT molecular complexity index is 998. The van der Waals surface area contributed by atoms with Gasteiger partial charge in [0.2, 0.25) is 0 Å². The van der Waals surface area contributed by atoms with E-state index in [0.717, 1.165) is 0 Å². The van der Waals surface area contributed by atoms with Crippen LogP contribution in [0.4, 0.5) is 0 Å². The highest BCUT2D eigenvalue weighted by Crippen LogP contribution is 2.33. The van der Waals surface area contributed by atoms with Gasteiger partial charge in [0.1, 0.15) is 0 Å². The van der Waals surface area contributed by atoms with Crippen molar-refractivity contribution in [2.45, 2.75) is 38.5 Å². The molecule has 0 saturated carbocycles. The Hall–Kier alpha value is -2.60. The lowest BCUT2D eigenvalue weighted by Gasteiger charge is -2.19. The number of benzene rings is 4. The van der Waals surface area contributed by atoms with Gasteiger partial charge in [-0.3, -0.25) is 0 Å². The smallest absolute Gasteiger partial charge is 0.00895 e. The van der Waals surface area contributed by atoms with E-state index in [4.69, 9.17) is 0 Å². The van der Waals surface area contributed by atoms with Gasteiger partial charge in [-0.05, 0) is 51.2 Å². The second-order valence-electron chi connectivity index (χ2n) is 7.26. The van der Waals surface area contributed by atoms with E-state index in [9.17, 15) is 0 Å². The summed E-state index contributed by atoms with van der Waals surface area (Å²) in [6.07, 6.45) is 5.08. The van der Waals surface area contributed by atoms with Gasteiger partial charge in [0.15, 0.2) is 0 Å². The van der Waals surface area contributed by atoms with Gasteiger partial charge in [0.25, 0.3) is 0 Å². The van der Waals surface area contributed by atoms with Crippen molar-refractivity contribution in [1.82, 2.24) is 0 Å². The summed E-state index contributed by atoms with van der Waals surface area (Å²) in [6, 6.07) is 31.3. The second kappa shape index (κ2) is 7.74. The van der Waals surface area contributed by atoms with E-state index >= 15 is 0 Å². The Morgan fingerprint density at radius 1 is 0.577 bits per heavy atom. The summed E-state index contributed by atoms with van der Waals surface area (Å²) in [6.45, 7) is 2.28.